The second-order valence-electron chi connectivity index (χ2n) is 6.78. The molecular weight excluding hydrogens is 534 g/mol. The molecule has 37 heavy (non-hydrogen) atoms. The van der Waals surface area contributed by atoms with Gasteiger partial charge >= 0.3 is 31.4 Å². The van der Waals surface area contributed by atoms with Crippen LogP contribution in [0.4, 0.5) is 0 Å². The fourth-order valence-electron chi connectivity index (χ4n) is 2.59. The summed E-state index contributed by atoms with van der Waals surface area (Å²) in [6.45, 7) is 0. The molecule has 0 amide bonds. The van der Waals surface area contributed by atoms with Gasteiger partial charge in [-0.2, -0.15) is 0 Å². The zero-order chi connectivity index (χ0) is 26.5. The summed E-state index contributed by atoms with van der Waals surface area (Å²) in [7, 11) is 0. The minimum atomic E-state index is -1.38. The summed E-state index contributed by atoms with van der Waals surface area (Å²) < 4.78 is 0. The fraction of sp³-hybridized carbons (Fsp3) is 0. The van der Waals surface area contributed by atoms with E-state index in [1.54, 1.807) is 12.4 Å². The van der Waals surface area contributed by atoms with E-state index in [-0.39, 0.29) is 41.7 Å². The van der Waals surface area contributed by atoms with Gasteiger partial charge in [0.1, 0.15) is 0 Å². The van der Waals surface area contributed by atoms with Gasteiger partial charge in [-0.25, -0.2) is 9.59 Å². The predicted octanol–water partition coefficient (Wildman–Crippen LogP) is 1.64. The Morgan fingerprint density at radius 3 is 1.16 bits per heavy atom. The van der Waals surface area contributed by atoms with Crippen molar-refractivity contribution in [3.05, 3.63) is 120 Å². The van der Waals surface area contributed by atoms with Crippen molar-refractivity contribution in [3.63, 3.8) is 0 Å². The molecule has 182 valence electrons. The maximum atomic E-state index is 10.4. The van der Waals surface area contributed by atoms with Crippen molar-refractivity contribution in [2.45, 2.75) is 0 Å². The number of carboxylic acid groups (broad SMARTS) is 4. The molecular formula is C26H18N2O8Zn. The average molecular weight is 552 g/mol. The first-order valence-corrected chi connectivity index (χ1v) is 10.1. The normalized spacial score (nSPS) is 9.19. The molecule has 2 aromatic carbocycles. The number of aromatic carboxylic acids is 4. The topological polar surface area (TPSA) is 181 Å². The summed E-state index contributed by atoms with van der Waals surface area (Å²) in [5.74, 6) is -5.06. The Morgan fingerprint density at radius 2 is 0.892 bits per heavy atom. The van der Waals surface area contributed by atoms with E-state index in [0.717, 1.165) is 23.5 Å². The quantitative estimate of drug-likeness (QED) is 0.346. The largest absolute Gasteiger partial charge is 2.00 e. The predicted molar refractivity (Wildman–Crippen MR) is 123 cm³/mol. The summed E-state index contributed by atoms with van der Waals surface area (Å²) in [6.07, 6.45) is 3.54. The SMILES string of the molecule is O=C([O-])c1cccc(C(=O)O)c1.O=C([O-])c1cccc(C(=O)O)c1.[Zn+2].c1ccc(-c2ccccn2)nc1. The number of pyridine rings is 2. The smallest absolute Gasteiger partial charge is 0.545 e. The molecule has 11 heteroatoms. The van der Waals surface area contributed by atoms with Crippen molar-refractivity contribution in [1.29, 1.82) is 0 Å². The van der Waals surface area contributed by atoms with Crippen LogP contribution in [-0.4, -0.2) is 44.1 Å². The van der Waals surface area contributed by atoms with Crippen LogP contribution in [0.15, 0.2) is 97.3 Å². The Morgan fingerprint density at radius 1 is 0.541 bits per heavy atom. The van der Waals surface area contributed by atoms with E-state index >= 15 is 0 Å². The third-order valence-corrected chi connectivity index (χ3v) is 4.28. The number of benzene rings is 2. The minimum absolute atomic E-state index is 0. The van der Waals surface area contributed by atoms with Gasteiger partial charge in [-0.15, -0.1) is 0 Å². The number of aromatic nitrogens is 2. The standard InChI is InChI=1S/C10H8N2.2C8H6O4.Zn/c1-3-7-11-9(5-1)10-6-2-4-8-12-10;2*9-7(10)5-2-1-3-6(4-5)8(11)12;/h1-8H;2*1-4H,(H,9,10)(H,11,12);/q;;;+2/p-2. The fourth-order valence-corrected chi connectivity index (χ4v) is 2.59. The van der Waals surface area contributed by atoms with Crippen LogP contribution in [-0.2, 0) is 19.5 Å². The molecule has 2 heterocycles. The molecule has 0 unspecified atom stereocenters. The molecule has 10 nitrogen and oxygen atoms in total. The number of rotatable bonds is 5. The Bertz CT molecular complexity index is 1190. The first-order chi connectivity index (χ1) is 17.2. The average Bonchev–Trinajstić information content (AvgIpc) is 2.90. The Balaban J connectivity index is 0.000000274. The van der Waals surface area contributed by atoms with Crippen LogP contribution >= 0.6 is 0 Å². The van der Waals surface area contributed by atoms with Gasteiger partial charge < -0.3 is 30.0 Å². The van der Waals surface area contributed by atoms with Crippen LogP contribution < -0.4 is 10.2 Å². The molecule has 0 spiro atoms. The molecule has 0 aliphatic rings. The first kappa shape index (κ1) is 30.3. The van der Waals surface area contributed by atoms with Gasteiger partial charge in [0.05, 0.1) is 34.5 Å². The molecule has 0 aliphatic carbocycles. The van der Waals surface area contributed by atoms with Gasteiger partial charge in [-0.05, 0) is 59.7 Å². The summed E-state index contributed by atoms with van der Waals surface area (Å²) >= 11 is 0. The van der Waals surface area contributed by atoms with Gasteiger partial charge in [0.25, 0.3) is 0 Å². The van der Waals surface area contributed by atoms with Crippen molar-refractivity contribution in [2.24, 2.45) is 0 Å². The number of carbonyl (C=O) groups excluding carboxylic acids is 2. The summed E-state index contributed by atoms with van der Waals surface area (Å²) in [5, 5.41) is 37.5. The zero-order valence-corrected chi connectivity index (χ0v) is 22.2. The van der Waals surface area contributed by atoms with Crippen molar-refractivity contribution in [3.8, 4) is 11.4 Å². The second kappa shape index (κ2) is 15.3. The molecule has 4 aromatic rings. The van der Waals surface area contributed by atoms with Crippen LogP contribution in [0.5, 0.6) is 0 Å². The third-order valence-electron chi connectivity index (χ3n) is 4.28. The molecule has 0 radical (unpaired) electrons. The van der Waals surface area contributed by atoms with Crippen molar-refractivity contribution in [1.82, 2.24) is 9.97 Å². The van der Waals surface area contributed by atoms with Crippen LogP contribution in [0, 0.1) is 0 Å². The third kappa shape index (κ3) is 10.2. The summed E-state index contributed by atoms with van der Waals surface area (Å²) in [6, 6.07) is 21.6. The number of hydrogen-bond acceptors (Lipinski definition) is 8. The van der Waals surface area contributed by atoms with E-state index in [1.165, 1.54) is 36.4 Å². The zero-order valence-electron chi connectivity index (χ0n) is 19.2. The van der Waals surface area contributed by atoms with Crippen molar-refractivity contribution >= 4 is 23.9 Å². The molecule has 4 rings (SSSR count). The molecule has 0 saturated carbocycles. The van der Waals surface area contributed by atoms with E-state index in [0.29, 0.717) is 0 Å². The number of hydrogen-bond donors (Lipinski definition) is 2. The van der Waals surface area contributed by atoms with Gasteiger partial charge in [-0.1, -0.05) is 36.4 Å². The Kier molecular flexibility index (Phi) is 12.5. The molecule has 2 aromatic heterocycles. The Hall–Kier alpha value is -4.76. The number of carbonyl (C=O) groups is 4. The maximum Gasteiger partial charge on any atom is 2.00 e. The Labute approximate surface area is 223 Å². The van der Waals surface area contributed by atoms with E-state index in [4.69, 9.17) is 10.2 Å². The van der Waals surface area contributed by atoms with Crippen LogP contribution in [0.2, 0.25) is 0 Å². The molecule has 2 N–H and O–H groups in total. The van der Waals surface area contributed by atoms with Crippen LogP contribution in [0.1, 0.15) is 41.4 Å². The monoisotopic (exact) mass is 550 g/mol. The molecule has 0 saturated heterocycles. The van der Waals surface area contributed by atoms with Gasteiger partial charge in [0.2, 0.25) is 0 Å². The maximum absolute atomic E-state index is 10.4. The van der Waals surface area contributed by atoms with E-state index < -0.39 is 23.9 Å². The molecule has 0 fully saturated rings. The second-order valence-corrected chi connectivity index (χ2v) is 6.78. The van der Waals surface area contributed by atoms with Gasteiger partial charge in [0.15, 0.2) is 0 Å². The summed E-state index contributed by atoms with van der Waals surface area (Å²) in [4.78, 5) is 49.6. The van der Waals surface area contributed by atoms with E-state index in [1.807, 2.05) is 36.4 Å². The van der Waals surface area contributed by atoms with E-state index in [9.17, 15) is 29.4 Å². The summed E-state index contributed by atoms with van der Waals surface area (Å²) in [5.41, 5.74) is 1.45. The molecule has 0 aliphatic heterocycles. The van der Waals surface area contributed by atoms with Crippen LogP contribution in [0.3, 0.4) is 0 Å². The minimum Gasteiger partial charge on any atom is -0.545 e. The van der Waals surface area contributed by atoms with Crippen molar-refractivity contribution in [2.75, 3.05) is 0 Å². The van der Waals surface area contributed by atoms with Crippen molar-refractivity contribution < 1.29 is 59.1 Å². The van der Waals surface area contributed by atoms with Gasteiger partial charge in [0, 0.05) is 12.4 Å². The van der Waals surface area contributed by atoms with Crippen LogP contribution in [0.25, 0.3) is 11.4 Å². The number of nitrogens with zero attached hydrogens (tertiary/aromatic N) is 2. The first-order valence-electron chi connectivity index (χ1n) is 10.1. The number of carboxylic acids is 4. The molecule has 0 atom stereocenters. The van der Waals surface area contributed by atoms with E-state index in [2.05, 4.69) is 9.97 Å². The van der Waals surface area contributed by atoms with Gasteiger partial charge in [-0.3, -0.25) is 9.97 Å². The molecule has 0 bridgehead atoms.